The quantitative estimate of drug-likeness (QED) is 0.723. The molecule has 0 saturated heterocycles. The molecule has 0 fully saturated rings. The van der Waals surface area contributed by atoms with Gasteiger partial charge < -0.3 is 9.72 Å². The number of nitrogens with zero attached hydrogens (tertiary/aromatic N) is 2. The standard InChI is InChI=1S/C13H10BrN3OS/c1-18-10-6-8(14)5-9(7-10)17-12-11(16-13(17)19)3-2-4-15-12/h2-7H,1H3,(H,16,19). The van der Waals surface area contributed by atoms with Crippen LogP contribution in [-0.2, 0) is 0 Å². The Bertz CT molecular complexity index is 809. The average molecular weight is 336 g/mol. The van der Waals surface area contributed by atoms with Crippen LogP contribution in [0.15, 0.2) is 41.0 Å². The number of hydrogen-bond acceptors (Lipinski definition) is 3. The van der Waals surface area contributed by atoms with E-state index in [2.05, 4.69) is 25.9 Å². The molecule has 0 radical (unpaired) electrons. The van der Waals surface area contributed by atoms with Gasteiger partial charge in [-0.15, -0.1) is 0 Å². The molecule has 0 amide bonds. The van der Waals surface area contributed by atoms with E-state index in [1.807, 2.05) is 34.9 Å². The molecular weight excluding hydrogens is 326 g/mol. The molecule has 0 saturated carbocycles. The van der Waals surface area contributed by atoms with Gasteiger partial charge in [-0.3, -0.25) is 4.57 Å². The van der Waals surface area contributed by atoms with E-state index in [9.17, 15) is 0 Å². The third-order valence-electron chi connectivity index (χ3n) is 2.79. The first-order valence-electron chi connectivity index (χ1n) is 5.60. The molecule has 4 nitrogen and oxygen atoms in total. The molecular formula is C13H10BrN3OS. The van der Waals surface area contributed by atoms with Crippen LogP contribution >= 0.6 is 28.1 Å². The minimum absolute atomic E-state index is 0.605. The number of methoxy groups -OCH3 is 1. The second kappa shape index (κ2) is 4.79. The predicted molar refractivity (Wildman–Crippen MR) is 80.5 cm³/mol. The van der Waals surface area contributed by atoms with Crippen LogP contribution in [-0.4, -0.2) is 21.6 Å². The van der Waals surface area contributed by atoms with E-state index in [1.165, 1.54) is 0 Å². The van der Waals surface area contributed by atoms with Gasteiger partial charge in [-0.05, 0) is 36.5 Å². The highest BCUT2D eigenvalue weighted by Crippen LogP contribution is 2.26. The molecule has 0 atom stereocenters. The van der Waals surface area contributed by atoms with Gasteiger partial charge in [-0.2, -0.15) is 0 Å². The number of fused-ring (bicyclic) bond motifs is 1. The number of ether oxygens (including phenoxy) is 1. The largest absolute Gasteiger partial charge is 0.497 e. The van der Waals surface area contributed by atoms with Crippen molar-refractivity contribution in [1.82, 2.24) is 14.5 Å². The van der Waals surface area contributed by atoms with Crippen LogP contribution in [0.2, 0.25) is 0 Å². The average Bonchev–Trinajstić information content (AvgIpc) is 2.73. The van der Waals surface area contributed by atoms with E-state index in [4.69, 9.17) is 17.0 Å². The summed E-state index contributed by atoms with van der Waals surface area (Å²) in [6.07, 6.45) is 1.75. The zero-order valence-corrected chi connectivity index (χ0v) is 12.5. The van der Waals surface area contributed by atoms with Crippen LogP contribution in [0.1, 0.15) is 0 Å². The van der Waals surface area contributed by atoms with Gasteiger partial charge in [0.15, 0.2) is 10.4 Å². The zero-order chi connectivity index (χ0) is 13.4. The molecule has 3 aromatic rings. The fraction of sp³-hybridized carbons (Fsp3) is 0.0769. The maximum atomic E-state index is 5.37. The fourth-order valence-electron chi connectivity index (χ4n) is 1.97. The highest BCUT2D eigenvalue weighted by Gasteiger charge is 2.09. The van der Waals surface area contributed by atoms with Crippen molar-refractivity contribution in [3.8, 4) is 11.4 Å². The molecule has 2 heterocycles. The number of aromatic amines is 1. The Morgan fingerprint density at radius 3 is 3.00 bits per heavy atom. The molecule has 0 spiro atoms. The summed E-state index contributed by atoms with van der Waals surface area (Å²) in [4.78, 5) is 7.51. The summed E-state index contributed by atoms with van der Waals surface area (Å²) in [5, 5.41) is 0. The van der Waals surface area contributed by atoms with Gasteiger partial charge in [0.25, 0.3) is 0 Å². The lowest BCUT2D eigenvalue weighted by molar-refractivity contribution is 0.414. The molecule has 1 aromatic carbocycles. The Labute approximate surface area is 123 Å². The Morgan fingerprint density at radius 2 is 2.21 bits per heavy atom. The fourth-order valence-corrected chi connectivity index (χ4v) is 2.74. The summed E-state index contributed by atoms with van der Waals surface area (Å²) in [7, 11) is 1.64. The first-order chi connectivity index (χ1) is 9.19. The second-order valence-corrected chi connectivity index (χ2v) is 5.29. The summed E-state index contributed by atoms with van der Waals surface area (Å²) in [5.41, 5.74) is 2.61. The van der Waals surface area contributed by atoms with E-state index in [-0.39, 0.29) is 0 Å². The molecule has 2 aromatic heterocycles. The number of hydrogen-bond donors (Lipinski definition) is 1. The minimum atomic E-state index is 0.605. The molecule has 1 N–H and O–H groups in total. The van der Waals surface area contributed by atoms with Crippen molar-refractivity contribution in [2.45, 2.75) is 0 Å². The maximum absolute atomic E-state index is 5.37. The number of imidazole rings is 1. The third kappa shape index (κ3) is 2.17. The van der Waals surface area contributed by atoms with E-state index >= 15 is 0 Å². The number of rotatable bonds is 2. The lowest BCUT2D eigenvalue weighted by Crippen LogP contribution is -1.96. The van der Waals surface area contributed by atoms with Gasteiger partial charge in [-0.1, -0.05) is 15.9 Å². The Hall–Kier alpha value is -1.66. The van der Waals surface area contributed by atoms with Crippen molar-refractivity contribution in [1.29, 1.82) is 0 Å². The Balaban J connectivity index is 2.33. The van der Waals surface area contributed by atoms with Crippen LogP contribution in [0.4, 0.5) is 0 Å². The molecule has 0 bridgehead atoms. The first kappa shape index (κ1) is 12.4. The van der Waals surface area contributed by atoms with Gasteiger partial charge in [0, 0.05) is 16.7 Å². The van der Waals surface area contributed by atoms with Crippen molar-refractivity contribution in [2.75, 3.05) is 7.11 Å². The second-order valence-electron chi connectivity index (χ2n) is 3.99. The van der Waals surface area contributed by atoms with Gasteiger partial charge >= 0.3 is 0 Å². The van der Waals surface area contributed by atoms with Crippen molar-refractivity contribution in [2.24, 2.45) is 0 Å². The molecule has 0 aliphatic heterocycles. The van der Waals surface area contributed by atoms with Crippen LogP contribution in [0.25, 0.3) is 16.9 Å². The number of benzene rings is 1. The highest BCUT2D eigenvalue weighted by atomic mass is 79.9. The third-order valence-corrected chi connectivity index (χ3v) is 3.54. The maximum Gasteiger partial charge on any atom is 0.184 e. The van der Waals surface area contributed by atoms with Gasteiger partial charge in [-0.25, -0.2) is 4.98 Å². The van der Waals surface area contributed by atoms with E-state index in [0.717, 1.165) is 27.1 Å². The molecule has 6 heteroatoms. The van der Waals surface area contributed by atoms with Gasteiger partial charge in [0.05, 0.1) is 18.3 Å². The Kier molecular flexibility index (Phi) is 3.12. The SMILES string of the molecule is COc1cc(Br)cc(-n2c(=S)[nH]c3cccnc32)c1. The van der Waals surface area contributed by atoms with E-state index in [0.29, 0.717) is 4.77 Å². The topological polar surface area (TPSA) is 42.8 Å². The summed E-state index contributed by atoms with van der Waals surface area (Å²) < 4.78 is 8.70. The monoisotopic (exact) mass is 335 g/mol. The molecule has 96 valence electrons. The number of H-pyrrole nitrogens is 1. The number of nitrogens with one attached hydrogen (secondary N) is 1. The van der Waals surface area contributed by atoms with Gasteiger partial charge in [0.1, 0.15) is 5.75 Å². The predicted octanol–water partition coefficient (Wildman–Crippen LogP) is 3.85. The lowest BCUT2D eigenvalue weighted by atomic mass is 10.3. The van der Waals surface area contributed by atoms with Crippen LogP contribution in [0, 0.1) is 4.77 Å². The zero-order valence-electron chi connectivity index (χ0n) is 10.1. The molecule has 19 heavy (non-hydrogen) atoms. The van der Waals surface area contributed by atoms with Crippen molar-refractivity contribution < 1.29 is 4.74 Å². The minimum Gasteiger partial charge on any atom is -0.497 e. The summed E-state index contributed by atoms with van der Waals surface area (Å²) >= 11 is 8.84. The normalized spacial score (nSPS) is 10.8. The van der Waals surface area contributed by atoms with E-state index < -0.39 is 0 Å². The lowest BCUT2D eigenvalue weighted by Gasteiger charge is -2.07. The molecule has 0 aliphatic carbocycles. The van der Waals surface area contributed by atoms with Crippen molar-refractivity contribution in [3.63, 3.8) is 0 Å². The smallest absolute Gasteiger partial charge is 0.184 e. The number of aromatic nitrogens is 3. The molecule has 0 unspecified atom stereocenters. The molecule has 0 aliphatic rings. The summed E-state index contributed by atoms with van der Waals surface area (Å²) in [6.45, 7) is 0. The molecule has 3 rings (SSSR count). The summed E-state index contributed by atoms with van der Waals surface area (Å²) in [6, 6.07) is 9.61. The van der Waals surface area contributed by atoms with Crippen LogP contribution in [0.3, 0.4) is 0 Å². The first-order valence-corrected chi connectivity index (χ1v) is 6.80. The van der Waals surface area contributed by atoms with Gasteiger partial charge in [0.2, 0.25) is 0 Å². The number of pyridine rings is 1. The summed E-state index contributed by atoms with van der Waals surface area (Å²) in [5.74, 6) is 0.761. The number of halogens is 1. The highest BCUT2D eigenvalue weighted by molar-refractivity contribution is 9.10. The van der Waals surface area contributed by atoms with E-state index in [1.54, 1.807) is 13.3 Å². The van der Waals surface area contributed by atoms with Crippen molar-refractivity contribution in [3.05, 3.63) is 45.8 Å². The Morgan fingerprint density at radius 1 is 1.37 bits per heavy atom. The van der Waals surface area contributed by atoms with Crippen molar-refractivity contribution >= 4 is 39.3 Å². The van der Waals surface area contributed by atoms with Crippen LogP contribution in [0.5, 0.6) is 5.75 Å². The van der Waals surface area contributed by atoms with Crippen LogP contribution < -0.4 is 4.74 Å².